The number of pyridine rings is 1. The number of nitrogens with two attached hydrogens (primary N) is 1. The zero-order chi connectivity index (χ0) is 12.8. The van der Waals surface area contributed by atoms with E-state index in [2.05, 4.69) is 4.98 Å². The first-order valence-corrected chi connectivity index (χ1v) is 6.60. The van der Waals surface area contributed by atoms with Crippen molar-refractivity contribution >= 4 is 0 Å². The first-order chi connectivity index (χ1) is 8.85. The van der Waals surface area contributed by atoms with Crippen molar-refractivity contribution in [1.82, 2.24) is 4.98 Å². The monoisotopic (exact) mass is 250 g/mol. The van der Waals surface area contributed by atoms with Crippen molar-refractivity contribution in [1.29, 1.82) is 0 Å². The van der Waals surface area contributed by atoms with Gasteiger partial charge in [0, 0.05) is 11.8 Å². The van der Waals surface area contributed by atoms with Crippen molar-refractivity contribution in [2.45, 2.75) is 25.9 Å². The summed E-state index contributed by atoms with van der Waals surface area (Å²) >= 11 is 0. The summed E-state index contributed by atoms with van der Waals surface area (Å²) in [6, 6.07) is 3.89. The number of aromatic nitrogens is 1. The number of ether oxygens (including phenoxy) is 2. The molecule has 1 aromatic rings. The van der Waals surface area contributed by atoms with Gasteiger partial charge in [-0.15, -0.1) is 0 Å². The van der Waals surface area contributed by atoms with Crippen molar-refractivity contribution < 1.29 is 9.47 Å². The van der Waals surface area contributed by atoms with E-state index in [0.29, 0.717) is 24.3 Å². The van der Waals surface area contributed by atoms with E-state index in [-0.39, 0.29) is 0 Å². The Labute approximate surface area is 108 Å². The Morgan fingerprint density at radius 3 is 3.00 bits per heavy atom. The molecule has 0 radical (unpaired) electrons. The standard InChI is InChI=1S/C14H22N2O2/c1-17-14-13(6-3-7-16-14)10-18-9-12-5-2-4-11(12)8-15/h3,6-7,11-12H,2,4-5,8-10,15H2,1H3. The molecule has 0 aromatic carbocycles. The lowest BCUT2D eigenvalue weighted by atomic mass is 9.97. The molecule has 2 unspecified atom stereocenters. The van der Waals surface area contributed by atoms with Gasteiger partial charge in [-0.25, -0.2) is 4.98 Å². The Hall–Kier alpha value is -1.13. The summed E-state index contributed by atoms with van der Waals surface area (Å²) in [6.45, 7) is 2.13. The summed E-state index contributed by atoms with van der Waals surface area (Å²) in [6.07, 6.45) is 5.50. The Bertz CT molecular complexity index is 371. The van der Waals surface area contributed by atoms with E-state index in [0.717, 1.165) is 18.7 Å². The van der Waals surface area contributed by atoms with Gasteiger partial charge in [-0.2, -0.15) is 0 Å². The average Bonchev–Trinajstić information content (AvgIpc) is 2.87. The molecule has 1 aliphatic rings. The highest BCUT2D eigenvalue weighted by molar-refractivity contribution is 5.24. The fraction of sp³-hybridized carbons (Fsp3) is 0.643. The minimum Gasteiger partial charge on any atom is -0.481 e. The van der Waals surface area contributed by atoms with Crippen LogP contribution in [0.1, 0.15) is 24.8 Å². The maximum absolute atomic E-state index is 5.80. The van der Waals surface area contributed by atoms with Crippen molar-refractivity contribution in [3.63, 3.8) is 0 Å². The van der Waals surface area contributed by atoms with Gasteiger partial charge < -0.3 is 15.2 Å². The molecule has 100 valence electrons. The molecular weight excluding hydrogens is 228 g/mol. The van der Waals surface area contributed by atoms with Gasteiger partial charge in [0.25, 0.3) is 0 Å². The molecule has 1 saturated carbocycles. The molecule has 4 nitrogen and oxygen atoms in total. The Morgan fingerprint density at radius 1 is 1.39 bits per heavy atom. The first-order valence-electron chi connectivity index (χ1n) is 6.60. The minimum atomic E-state index is 0.560. The molecule has 2 rings (SSSR count). The van der Waals surface area contributed by atoms with Crippen molar-refractivity contribution in [3.8, 4) is 5.88 Å². The molecule has 0 amide bonds. The zero-order valence-corrected chi connectivity index (χ0v) is 11.0. The van der Waals surface area contributed by atoms with Crippen LogP contribution >= 0.6 is 0 Å². The first kappa shape index (κ1) is 13.3. The van der Waals surface area contributed by atoms with E-state index in [4.69, 9.17) is 15.2 Å². The molecule has 0 bridgehead atoms. The van der Waals surface area contributed by atoms with E-state index in [1.54, 1.807) is 13.3 Å². The van der Waals surface area contributed by atoms with Gasteiger partial charge in [-0.3, -0.25) is 0 Å². The quantitative estimate of drug-likeness (QED) is 0.838. The third-order valence-electron chi connectivity index (χ3n) is 3.75. The van der Waals surface area contributed by atoms with Gasteiger partial charge in [-0.1, -0.05) is 6.42 Å². The predicted octanol–water partition coefficient (Wildman–Crippen LogP) is 1.98. The minimum absolute atomic E-state index is 0.560. The summed E-state index contributed by atoms with van der Waals surface area (Å²) < 4.78 is 11.0. The summed E-state index contributed by atoms with van der Waals surface area (Å²) in [5.74, 6) is 1.91. The number of hydrogen-bond acceptors (Lipinski definition) is 4. The molecule has 0 aliphatic heterocycles. The highest BCUT2D eigenvalue weighted by Crippen LogP contribution is 2.31. The summed E-state index contributed by atoms with van der Waals surface area (Å²) in [5, 5.41) is 0. The molecule has 0 spiro atoms. The topological polar surface area (TPSA) is 57.4 Å². The predicted molar refractivity (Wildman–Crippen MR) is 70.3 cm³/mol. The molecule has 18 heavy (non-hydrogen) atoms. The van der Waals surface area contributed by atoms with Crippen molar-refractivity contribution in [2.24, 2.45) is 17.6 Å². The van der Waals surface area contributed by atoms with E-state index in [1.165, 1.54) is 19.3 Å². The van der Waals surface area contributed by atoms with Gasteiger partial charge in [0.15, 0.2) is 0 Å². The van der Waals surface area contributed by atoms with Crippen LogP contribution in [0.2, 0.25) is 0 Å². The summed E-state index contributed by atoms with van der Waals surface area (Å²) in [5.41, 5.74) is 6.77. The molecule has 1 aromatic heterocycles. The van der Waals surface area contributed by atoms with Crippen LogP contribution in [0.3, 0.4) is 0 Å². The highest BCUT2D eigenvalue weighted by Gasteiger charge is 2.26. The van der Waals surface area contributed by atoms with Crippen LogP contribution in [0.4, 0.5) is 0 Å². The average molecular weight is 250 g/mol. The second kappa shape index (κ2) is 6.71. The fourth-order valence-corrected chi connectivity index (χ4v) is 2.68. The molecular formula is C14H22N2O2. The van der Waals surface area contributed by atoms with Gasteiger partial charge in [0.1, 0.15) is 0 Å². The van der Waals surface area contributed by atoms with Gasteiger partial charge in [0.05, 0.1) is 20.3 Å². The Balaban J connectivity index is 1.81. The van der Waals surface area contributed by atoms with E-state index in [1.807, 2.05) is 12.1 Å². The molecule has 1 aliphatic carbocycles. The Morgan fingerprint density at radius 2 is 2.22 bits per heavy atom. The van der Waals surface area contributed by atoms with E-state index >= 15 is 0 Å². The summed E-state index contributed by atoms with van der Waals surface area (Å²) in [4.78, 5) is 4.16. The van der Waals surface area contributed by atoms with Crippen LogP contribution in [0.25, 0.3) is 0 Å². The van der Waals surface area contributed by atoms with Gasteiger partial charge in [-0.05, 0) is 43.4 Å². The molecule has 4 heteroatoms. The largest absolute Gasteiger partial charge is 0.481 e. The second-order valence-electron chi connectivity index (χ2n) is 4.87. The maximum Gasteiger partial charge on any atom is 0.218 e. The van der Waals surface area contributed by atoms with Crippen molar-refractivity contribution in [2.75, 3.05) is 20.3 Å². The van der Waals surface area contributed by atoms with Crippen molar-refractivity contribution in [3.05, 3.63) is 23.9 Å². The summed E-state index contributed by atoms with van der Waals surface area (Å²) in [7, 11) is 1.63. The van der Waals surface area contributed by atoms with Crippen LogP contribution in [0, 0.1) is 11.8 Å². The Kier molecular flexibility index (Phi) is 4.96. The van der Waals surface area contributed by atoms with Crippen LogP contribution in [-0.4, -0.2) is 25.2 Å². The van der Waals surface area contributed by atoms with Gasteiger partial charge in [0.2, 0.25) is 5.88 Å². The SMILES string of the molecule is COc1ncccc1COCC1CCCC1CN. The molecule has 2 atom stereocenters. The highest BCUT2D eigenvalue weighted by atomic mass is 16.5. The second-order valence-corrected chi connectivity index (χ2v) is 4.87. The number of nitrogens with zero attached hydrogens (tertiary/aromatic N) is 1. The number of hydrogen-bond donors (Lipinski definition) is 1. The lowest BCUT2D eigenvalue weighted by Gasteiger charge is -2.18. The number of rotatable bonds is 6. The third-order valence-corrected chi connectivity index (χ3v) is 3.75. The zero-order valence-electron chi connectivity index (χ0n) is 11.0. The van der Waals surface area contributed by atoms with E-state index in [9.17, 15) is 0 Å². The molecule has 1 fully saturated rings. The lowest BCUT2D eigenvalue weighted by Crippen LogP contribution is -2.22. The lowest BCUT2D eigenvalue weighted by molar-refractivity contribution is 0.0738. The van der Waals surface area contributed by atoms with Gasteiger partial charge >= 0.3 is 0 Å². The van der Waals surface area contributed by atoms with E-state index < -0.39 is 0 Å². The normalized spacial score (nSPS) is 23.2. The molecule has 0 saturated heterocycles. The molecule has 2 N–H and O–H groups in total. The molecule has 1 heterocycles. The number of methoxy groups -OCH3 is 1. The third kappa shape index (κ3) is 3.21. The van der Waals surface area contributed by atoms with Crippen LogP contribution < -0.4 is 10.5 Å². The van der Waals surface area contributed by atoms with Crippen LogP contribution in [-0.2, 0) is 11.3 Å². The van der Waals surface area contributed by atoms with Crippen LogP contribution in [0.5, 0.6) is 5.88 Å². The fourth-order valence-electron chi connectivity index (χ4n) is 2.68. The maximum atomic E-state index is 5.80. The van der Waals surface area contributed by atoms with Crippen LogP contribution in [0.15, 0.2) is 18.3 Å². The smallest absolute Gasteiger partial charge is 0.218 e.